The summed E-state index contributed by atoms with van der Waals surface area (Å²) in [6, 6.07) is 8.19. The summed E-state index contributed by atoms with van der Waals surface area (Å²) in [5.41, 5.74) is 2.48. The largest absolute Gasteiger partial charge is 0.477 e. The lowest BCUT2D eigenvalue weighted by Gasteiger charge is -2.07. The van der Waals surface area contributed by atoms with Crippen LogP contribution in [0.25, 0.3) is 21.8 Å². The molecule has 0 aliphatic heterocycles. The van der Waals surface area contributed by atoms with Crippen molar-refractivity contribution < 1.29 is 14.3 Å². The third-order valence-electron chi connectivity index (χ3n) is 3.62. The minimum Gasteiger partial charge on any atom is -0.477 e. The number of aromatic carboxylic acids is 1. The van der Waals surface area contributed by atoms with Gasteiger partial charge in [0, 0.05) is 17.3 Å². The molecule has 124 valence electrons. The summed E-state index contributed by atoms with van der Waals surface area (Å²) in [5, 5.41) is 19.0. The van der Waals surface area contributed by atoms with Crippen molar-refractivity contribution in [3.05, 3.63) is 58.0 Å². The molecule has 0 amide bonds. The molecular formula is C18H12FN3O2S. The molecule has 0 atom stereocenters. The summed E-state index contributed by atoms with van der Waals surface area (Å²) in [5.74, 6) is -1.51. The molecule has 0 aliphatic carbocycles. The number of carbonyl (C=O) groups is 1. The number of pyridine rings is 1. The van der Waals surface area contributed by atoms with Crippen molar-refractivity contribution >= 4 is 17.3 Å². The molecule has 0 bridgehead atoms. The Morgan fingerprint density at radius 2 is 2.08 bits per heavy atom. The average Bonchev–Trinajstić information content (AvgIpc) is 2.98. The Labute approximate surface area is 147 Å². The highest BCUT2D eigenvalue weighted by atomic mass is 32.1. The monoisotopic (exact) mass is 353 g/mol. The topological polar surface area (TPSA) is 86.9 Å². The molecule has 0 unspecified atom stereocenters. The van der Waals surface area contributed by atoms with Crippen LogP contribution in [0.3, 0.4) is 0 Å². The standard InChI is InChI=1S/C18H12FN3O2S/c1-9-3-4-14(19)13(5-9)15-11(7-20)6-12(8-21-15)17-22-10(2)16(25-17)18(23)24/h3-6,8H,1-2H3,(H,23,24). The summed E-state index contributed by atoms with van der Waals surface area (Å²) in [6.07, 6.45) is 1.47. The second kappa shape index (κ2) is 6.42. The Morgan fingerprint density at radius 3 is 2.72 bits per heavy atom. The predicted octanol–water partition coefficient (Wildman–Crippen LogP) is 4.20. The molecule has 5 nitrogen and oxygen atoms in total. The molecule has 1 N–H and O–H groups in total. The van der Waals surface area contributed by atoms with Crippen LogP contribution in [0.5, 0.6) is 0 Å². The summed E-state index contributed by atoms with van der Waals surface area (Å²) < 4.78 is 14.1. The lowest BCUT2D eigenvalue weighted by atomic mass is 10.0. The number of hydrogen-bond donors (Lipinski definition) is 1. The first-order valence-corrected chi connectivity index (χ1v) is 8.10. The Morgan fingerprint density at radius 1 is 1.32 bits per heavy atom. The molecule has 2 heterocycles. The summed E-state index contributed by atoms with van der Waals surface area (Å²) in [6.45, 7) is 3.44. The zero-order valence-electron chi connectivity index (χ0n) is 13.4. The highest BCUT2D eigenvalue weighted by Crippen LogP contribution is 2.31. The Balaban J connectivity index is 2.12. The second-order valence-corrected chi connectivity index (χ2v) is 6.45. The van der Waals surface area contributed by atoms with Gasteiger partial charge in [-0.2, -0.15) is 5.26 Å². The van der Waals surface area contributed by atoms with E-state index in [-0.39, 0.29) is 21.7 Å². The molecule has 3 aromatic rings. The number of nitriles is 1. The van der Waals surface area contributed by atoms with Gasteiger partial charge in [-0.3, -0.25) is 4.98 Å². The van der Waals surface area contributed by atoms with Gasteiger partial charge < -0.3 is 5.11 Å². The molecule has 0 radical (unpaired) electrons. The molecule has 0 saturated carbocycles. The van der Waals surface area contributed by atoms with E-state index in [9.17, 15) is 14.4 Å². The highest BCUT2D eigenvalue weighted by Gasteiger charge is 2.18. The number of carboxylic acids is 1. The molecule has 25 heavy (non-hydrogen) atoms. The molecule has 0 aliphatic rings. The normalized spacial score (nSPS) is 10.5. The predicted molar refractivity (Wildman–Crippen MR) is 91.9 cm³/mol. The number of carboxylic acid groups (broad SMARTS) is 1. The van der Waals surface area contributed by atoms with Gasteiger partial charge in [-0.25, -0.2) is 14.2 Å². The minimum atomic E-state index is -1.05. The van der Waals surface area contributed by atoms with Gasteiger partial charge >= 0.3 is 5.97 Å². The van der Waals surface area contributed by atoms with Crippen molar-refractivity contribution in [1.82, 2.24) is 9.97 Å². The van der Waals surface area contributed by atoms with Crippen molar-refractivity contribution in [1.29, 1.82) is 5.26 Å². The van der Waals surface area contributed by atoms with Crippen LogP contribution < -0.4 is 0 Å². The van der Waals surface area contributed by atoms with Crippen LogP contribution in [0.1, 0.15) is 26.5 Å². The first kappa shape index (κ1) is 16.7. The van der Waals surface area contributed by atoms with Crippen LogP contribution in [0, 0.1) is 31.0 Å². The number of hydrogen-bond acceptors (Lipinski definition) is 5. The van der Waals surface area contributed by atoms with E-state index >= 15 is 0 Å². The molecule has 3 rings (SSSR count). The SMILES string of the molecule is Cc1ccc(F)c(-c2ncc(-c3nc(C)c(C(=O)O)s3)cc2C#N)c1. The highest BCUT2D eigenvalue weighted by molar-refractivity contribution is 7.17. The molecule has 7 heteroatoms. The fourth-order valence-corrected chi connectivity index (χ4v) is 3.31. The number of halogens is 1. The van der Waals surface area contributed by atoms with Crippen LogP contribution in [-0.4, -0.2) is 21.0 Å². The maximum atomic E-state index is 14.1. The zero-order chi connectivity index (χ0) is 18.1. The summed E-state index contributed by atoms with van der Waals surface area (Å²) >= 11 is 1.01. The van der Waals surface area contributed by atoms with Crippen molar-refractivity contribution in [2.24, 2.45) is 0 Å². The van der Waals surface area contributed by atoms with Crippen LogP contribution in [0.4, 0.5) is 4.39 Å². The molecular weight excluding hydrogens is 341 g/mol. The van der Waals surface area contributed by atoms with Gasteiger partial charge in [0.1, 0.15) is 21.8 Å². The van der Waals surface area contributed by atoms with Gasteiger partial charge in [0.05, 0.1) is 17.0 Å². The van der Waals surface area contributed by atoms with Crippen molar-refractivity contribution in [2.45, 2.75) is 13.8 Å². The Kier molecular flexibility index (Phi) is 4.30. The average molecular weight is 353 g/mol. The fourth-order valence-electron chi connectivity index (χ4n) is 2.42. The van der Waals surface area contributed by atoms with Gasteiger partial charge in [-0.15, -0.1) is 11.3 Å². The van der Waals surface area contributed by atoms with Crippen LogP contribution in [0.15, 0.2) is 30.5 Å². The number of rotatable bonds is 3. The van der Waals surface area contributed by atoms with E-state index in [4.69, 9.17) is 5.11 Å². The Hall–Kier alpha value is -3.11. The van der Waals surface area contributed by atoms with Gasteiger partial charge in [0.25, 0.3) is 0 Å². The van der Waals surface area contributed by atoms with E-state index in [0.717, 1.165) is 16.9 Å². The van der Waals surface area contributed by atoms with E-state index in [1.54, 1.807) is 25.1 Å². The first-order valence-electron chi connectivity index (χ1n) is 7.28. The second-order valence-electron chi connectivity index (χ2n) is 5.45. The number of aryl methyl sites for hydroxylation is 2. The number of aromatic nitrogens is 2. The van der Waals surface area contributed by atoms with E-state index in [2.05, 4.69) is 9.97 Å². The smallest absolute Gasteiger partial charge is 0.347 e. The van der Waals surface area contributed by atoms with Gasteiger partial charge in [0.2, 0.25) is 0 Å². The van der Waals surface area contributed by atoms with Gasteiger partial charge in [0.15, 0.2) is 0 Å². The first-order chi connectivity index (χ1) is 11.9. The Bertz CT molecular complexity index is 1040. The molecule has 0 fully saturated rings. The van der Waals surface area contributed by atoms with Crippen LogP contribution in [-0.2, 0) is 0 Å². The summed E-state index contributed by atoms with van der Waals surface area (Å²) in [4.78, 5) is 19.8. The lowest BCUT2D eigenvalue weighted by Crippen LogP contribution is -1.94. The fraction of sp³-hybridized carbons (Fsp3) is 0.111. The maximum Gasteiger partial charge on any atom is 0.347 e. The van der Waals surface area contributed by atoms with E-state index in [1.165, 1.54) is 12.3 Å². The molecule has 0 spiro atoms. The van der Waals surface area contributed by atoms with Crippen molar-refractivity contribution in [3.63, 3.8) is 0 Å². The summed E-state index contributed by atoms with van der Waals surface area (Å²) in [7, 11) is 0. The number of benzene rings is 1. The van der Waals surface area contributed by atoms with Crippen molar-refractivity contribution in [2.75, 3.05) is 0 Å². The third kappa shape index (κ3) is 3.12. The molecule has 0 saturated heterocycles. The number of thiazole rings is 1. The quantitative estimate of drug-likeness (QED) is 0.762. The maximum absolute atomic E-state index is 14.1. The molecule has 1 aromatic carbocycles. The van der Waals surface area contributed by atoms with Gasteiger partial charge in [-0.1, -0.05) is 11.6 Å². The van der Waals surface area contributed by atoms with E-state index in [1.807, 2.05) is 13.0 Å². The minimum absolute atomic E-state index is 0.141. The lowest BCUT2D eigenvalue weighted by molar-refractivity contribution is 0.0701. The molecule has 2 aromatic heterocycles. The van der Waals surface area contributed by atoms with Gasteiger partial charge in [-0.05, 0) is 32.0 Å². The van der Waals surface area contributed by atoms with Crippen LogP contribution >= 0.6 is 11.3 Å². The van der Waals surface area contributed by atoms with Crippen molar-refractivity contribution in [3.8, 4) is 27.9 Å². The van der Waals surface area contributed by atoms with Crippen LogP contribution in [0.2, 0.25) is 0 Å². The van der Waals surface area contributed by atoms with E-state index in [0.29, 0.717) is 16.3 Å². The number of nitrogens with zero attached hydrogens (tertiary/aromatic N) is 3. The third-order valence-corrected chi connectivity index (χ3v) is 4.82. The van der Waals surface area contributed by atoms with E-state index < -0.39 is 11.8 Å². The zero-order valence-corrected chi connectivity index (χ0v) is 14.2.